The summed E-state index contributed by atoms with van der Waals surface area (Å²) in [5, 5.41) is 0. The van der Waals surface area contributed by atoms with Gasteiger partial charge in [-0.2, -0.15) is 0 Å². The fraction of sp³-hybridized carbons (Fsp3) is 0.583. The maximum Gasteiger partial charge on any atom is 0.129 e. The van der Waals surface area contributed by atoms with E-state index in [1.54, 1.807) is 0 Å². The third-order valence-corrected chi connectivity index (χ3v) is 3.11. The van der Waals surface area contributed by atoms with E-state index in [1.807, 2.05) is 19.1 Å². The summed E-state index contributed by atoms with van der Waals surface area (Å²) in [4.78, 5) is 6.86. The Morgan fingerprint density at radius 3 is 3.06 bits per heavy atom. The van der Waals surface area contributed by atoms with Crippen molar-refractivity contribution in [3.05, 3.63) is 17.8 Å². The zero-order valence-corrected chi connectivity index (χ0v) is 9.94. The van der Waals surface area contributed by atoms with E-state index in [1.165, 1.54) is 0 Å². The molecule has 88 valence electrons. The number of aromatic nitrogens is 1. The van der Waals surface area contributed by atoms with E-state index in [-0.39, 0.29) is 0 Å². The topological polar surface area (TPSA) is 51.4 Å². The predicted octanol–water partition coefficient (Wildman–Crippen LogP) is 1.59. The van der Waals surface area contributed by atoms with Crippen LogP contribution >= 0.6 is 0 Å². The summed E-state index contributed by atoms with van der Waals surface area (Å²) >= 11 is 0. The minimum atomic E-state index is 0.435. The summed E-state index contributed by atoms with van der Waals surface area (Å²) in [6.45, 7) is 6.61. The van der Waals surface area contributed by atoms with Crippen molar-refractivity contribution in [2.75, 3.05) is 30.4 Å². The van der Waals surface area contributed by atoms with Crippen molar-refractivity contribution >= 4 is 11.5 Å². The Labute approximate surface area is 96.4 Å². The first-order chi connectivity index (χ1) is 7.72. The molecule has 16 heavy (non-hydrogen) atoms. The van der Waals surface area contributed by atoms with Crippen molar-refractivity contribution < 1.29 is 4.74 Å². The number of nitrogen functional groups attached to an aromatic ring is 1. The first-order valence-electron chi connectivity index (χ1n) is 5.80. The smallest absolute Gasteiger partial charge is 0.129 e. The molecular formula is C12H19N3O. The average molecular weight is 221 g/mol. The van der Waals surface area contributed by atoms with E-state index in [0.717, 1.165) is 43.4 Å². The Hall–Kier alpha value is -1.29. The van der Waals surface area contributed by atoms with E-state index >= 15 is 0 Å². The second kappa shape index (κ2) is 4.70. The van der Waals surface area contributed by atoms with Gasteiger partial charge in [0.1, 0.15) is 5.82 Å². The van der Waals surface area contributed by atoms with Crippen molar-refractivity contribution in [1.29, 1.82) is 0 Å². The van der Waals surface area contributed by atoms with E-state index in [9.17, 15) is 0 Å². The Balaban J connectivity index is 2.23. The lowest BCUT2D eigenvalue weighted by atomic mass is 10.1. The molecule has 2 N–H and O–H groups in total. The van der Waals surface area contributed by atoms with Gasteiger partial charge in [0.05, 0.1) is 30.6 Å². The first-order valence-corrected chi connectivity index (χ1v) is 5.80. The minimum Gasteiger partial charge on any atom is -0.397 e. The van der Waals surface area contributed by atoms with E-state index in [2.05, 4.69) is 16.8 Å². The maximum absolute atomic E-state index is 5.78. The van der Waals surface area contributed by atoms with Crippen LogP contribution in [-0.4, -0.2) is 30.8 Å². The van der Waals surface area contributed by atoms with Crippen LogP contribution in [0.4, 0.5) is 11.5 Å². The Bertz CT molecular complexity index is 367. The fourth-order valence-electron chi connectivity index (χ4n) is 2.01. The standard InChI is InChI=1S/C12H19N3O/c1-3-10-8-16-7-6-15(10)12-5-4-11(13)9(2)14-12/h4-5,10H,3,6-8,13H2,1-2H3. The fourth-order valence-corrected chi connectivity index (χ4v) is 2.01. The highest BCUT2D eigenvalue weighted by Crippen LogP contribution is 2.21. The lowest BCUT2D eigenvalue weighted by Gasteiger charge is -2.36. The number of morpholine rings is 1. The molecule has 2 heterocycles. The van der Waals surface area contributed by atoms with Crippen LogP contribution in [0.2, 0.25) is 0 Å². The summed E-state index contributed by atoms with van der Waals surface area (Å²) in [5.74, 6) is 1.02. The maximum atomic E-state index is 5.78. The number of hydrogen-bond acceptors (Lipinski definition) is 4. The largest absolute Gasteiger partial charge is 0.397 e. The zero-order chi connectivity index (χ0) is 11.5. The molecule has 1 unspecified atom stereocenters. The van der Waals surface area contributed by atoms with Crippen molar-refractivity contribution in [3.63, 3.8) is 0 Å². The van der Waals surface area contributed by atoms with Crippen molar-refractivity contribution in [2.24, 2.45) is 0 Å². The van der Waals surface area contributed by atoms with Gasteiger partial charge < -0.3 is 15.4 Å². The van der Waals surface area contributed by atoms with Gasteiger partial charge >= 0.3 is 0 Å². The van der Waals surface area contributed by atoms with Crippen LogP contribution in [-0.2, 0) is 4.74 Å². The zero-order valence-electron chi connectivity index (χ0n) is 9.94. The van der Waals surface area contributed by atoms with Crippen LogP contribution in [0, 0.1) is 6.92 Å². The average Bonchev–Trinajstić information content (AvgIpc) is 2.32. The van der Waals surface area contributed by atoms with Gasteiger partial charge in [-0.1, -0.05) is 6.92 Å². The molecule has 1 aromatic heterocycles. The van der Waals surface area contributed by atoms with Crippen molar-refractivity contribution in [2.45, 2.75) is 26.3 Å². The monoisotopic (exact) mass is 221 g/mol. The molecule has 2 rings (SSSR count). The van der Waals surface area contributed by atoms with Gasteiger partial charge in [0.25, 0.3) is 0 Å². The number of ether oxygens (including phenoxy) is 1. The summed E-state index contributed by atoms with van der Waals surface area (Å²) < 4.78 is 5.48. The summed E-state index contributed by atoms with van der Waals surface area (Å²) in [7, 11) is 0. The predicted molar refractivity (Wildman–Crippen MR) is 65.6 cm³/mol. The molecule has 0 bridgehead atoms. The number of aryl methyl sites for hydroxylation is 1. The van der Waals surface area contributed by atoms with Crippen LogP contribution in [0.25, 0.3) is 0 Å². The third-order valence-electron chi connectivity index (χ3n) is 3.11. The van der Waals surface area contributed by atoms with Crippen LogP contribution < -0.4 is 10.6 Å². The Kier molecular flexibility index (Phi) is 3.29. The molecule has 0 aliphatic carbocycles. The molecule has 1 aliphatic heterocycles. The number of rotatable bonds is 2. The molecule has 4 nitrogen and oxygen atoms in total. The van der Waals surface area contributed by atoms with Gasteiger partial charge in [-0.25, -0.2) is 4.98 Å². The van der Waals surface area contributed by atoms with Gasteiger partial charge in [-0.05, 0) is 25.5 Å². The van der Waals surface area contributed by atoms with E-state index in [4.69, 9.17) is 10.5 Å². The molecule has 1 saturated heterocycles. The van der Waals surface area contributed by atoms with Gasteiger partial charge in [-0.15, -0.1) is 0 Å². The number of nitrogens with two attached hydrogens (primary N) is 1. The Morgan fingerprint density at radius 1 is 1.56 bits per heavy atom. The second-order valence-electron chi connectivity index (χ2n) is 4.17. The molecule has 4 heteroatoms. The quantitative estimate of drug-likeness (QED) is 0.824. The second-order valence-corrected chi connectivity index (χ2v) is 4.17. The van der Waals surface area contributed by atoms with Crippen LogP contribution in [0.5, 0.6) is 0 Å². The third kappa shape index (κ3) is 2.11. The van der Waals surface area contributed by atoms with Gasteiger partial charge in [0.2, 0.25) is 0 Å². The van der Waals surface area contributed by atoms with Gasteiger partial charge in [0, 0.05) is 6.54 Å². The van der Waals surface area contributed by atoms with Gasteiger partial charge in [-0.3, -0.25) is 0 Å². The molecule has 1 atom stereocenters. The molecule has 1 aromatic rings. The van der Waals surface area contributed by atoms with Crippen LogP contribution in [0.3, 0.4) is 0 Å². The molecular weight excluding hydrogens is 202 g/mol. The number of hydrogen-bond donors (Lipinski definition) is 1. The number of anilines is 2. The molecule has 0 amide bonds. The van der Waals surface area contributed by atoms with E-state index in [0.29, 0.717) is 6.04 Å². The molecule has 0 spiro atoms. The normalized spacial score (nSPS) is 21.1. The Morgan fingerprint density at radius 2 is 2.38 bits per heavy atom. The van der Waals surface area contributed by atoms with Gasteiger partial charge in [0.15, 0.2) is 0 Å². The first kappa shape index (κ1) is 11.2. The summed E-state index contributed by atoms with van der Waals surface area (Å²) in [6, 6.07) is 4.36. The highest BCUT2D eigenvalue weighted by molar-refractivity contribution is 5.51. The summed E-state index contributed by atoms with van der Waals surface area (Å²) in [5.41, 5.74) is 7.44. The molecule has 1 fully saturated rings. The lowest BCUT2D eigenvalue weighted by Crippen LogP contribution is -2.45. The van der Waals surface area contributed by atoms with Crippen molar-refractivity contribution in [3.8, 4) is 0 Å². The molecule has 0 saturated carbocycles. The molecule has 0 aromatic carbocycles. The minimum absolute atomic E-state index is 0.435. The van der Waals surface area contributed by atoms with Crippen LogP contribution in [0.1, 0.15) is 19.0 Å². The SMILES string of the molecule is CCC1COCCN1c1ccc(N)c(C)n1. The number of nitrogens with zero attached hydrogens (tertiary/aromatic N) is 2. The number of pyridine rings is 1. The highest BCUT2D eigenvalue weighted by Gasteiger charge is 2.22. The molecule has 0 radical (unpaired) electrons. The van der Waals surface area contributed by atoms with E-state index < -0.39 is 0 Å². The summed E-state index contributed by atoms with van der Waals surface area (Å²) in [6.07, 6.45) is 1.07. The molecule has 1 aliphatic rings. The van der Waals surface area contributed by atoms with Crippen LogP contribution in [0.15, 0.2) is 12.1 Å². The highest BCUT2D eigenvalue weighted by atomic mass is 16.5. The van der Waals surface area contributed by atoms with Crippen molar-refractivity contribution in [1.82, 2.24) is 4.98 Å². The lowest BCUT2D eigenvalue weighted by molar-refractivity contribution is 0.0925.